The minimum atomic E-state index is 0.180. The Balaban J connectivity index is 1.98. The molecule has 0 saturated heterocycles. The lowest BCUT2D eigenvalue weighted by Crippen LogP contribution is -2.20. The SMILES string of the molecule is CCn1ccnc1CNC(C)c1cccc(O)c1. The van der Waals surface area contributed by atoms with E-state index in [4.69, 9.17) is 0 Å². The molecule has 0 bridgehead atoms. The third kappa shape index (κ3) is 2.90. The zero-order valence-electron chi connectivity index (χ0n) is 10.8. The van der Waals surface area contributed by atoms with E-state index in [-0.39, 0.29) is 6.04 Å². The Labute approximate surface area is 107 Å². The Kier molecular flexibility index (Phi) is 3.99. The average molecular weight is 245 g/mol. The van der Waals surface area contributed by atoms with E-state index >= 15 is 0 Å². The number of phenols is 1. The number of nitrogens with one attached hydrogen (secondary N) is 1. The largest absolute Gasteiger partial charge is 0.508 e. The summed E-state index contributed by atoms with van der Waals surface area (Å²) in [5.41, 5.74) is 1.07. The molecule has 0 amide bonds. The van der Waals surface area contributed by atoms with Gasteiger partial charge in [0.1, 0.15) is 11.6 Å². The van der Waals surface area contributed by atoms with Gasteiger partial charge in [-0.25, -0.2) is 4.98 Å². The first-order valence-electron chi connectivity index (χ1n) is 6.23. The summed E-state index contributed by atoms with van der Waals surface area (Å²) in [4.78, 5) is 4.32. The molecule has 1 unspecified atom stereocenters. The summed E-state index contributed by atoms with van der Waals surface area (Å²) in [6, 6.07) is 7.50. The molecule has 4 heteroatoms. The van der Waals surface area contributed by atoms with Crippen molar-refractivity contribution in [1.29, 1.82) is 0 Å². The van der Waals surface area contributed by atoms with Crippen molar-refractivity contribution in [2.45, 2.75) is 33.0 Å². The Hall–Kier alpha value is -1.81. The van der Waals surface area contributed by atoms with E-state index < -0.39 is 0 Å². The van der Waals surface area contributed by atoms with Gasteiger partial charge in [0.15, 0.2) is 0 Å². The predicted molar refractivity (Wildman–Crippen MR) is 71.3 cm³/mol. The van der Waals surface area contributed by atoms with E-state index in [0.29, 0.717) is 5.75 Å². The van der Waals surface area contributed by atoms with Crippen LogP contribution in [0.1, 0.15) is 31.3 Å². The molecule has 1 aromatic heterocycles. The van der Waals surface area contributed by atoms with Gasteiger partial charge in [-0.1, -0.05) is 12.1 Å². The number of benzene rings is 1. The second-order valence-corrected chi connectivity index (χ2v) is 4.33. The van der Waals surface area contributed by atoms with Crippen molar-refractivity contribution in [2.24, 2.45) is 0 Å². The van der Waals surface area contributed by atoms with Gasteiger partial charge in [-0.15, -0.1) is 0 Å². The van der Waals surface area contributed by atoms with Crippen molar-refractivity contribution in [1.82, 2.24) is 14.9 Å². The fourth-order valence-corrected chi connectivity index (χ4v) is 1.95. The van der Waals surface area contributed by atoms with Gasteiger partial charge in [0.05, 0.1) is 6.54 Å². The van der Waals surface area contributed by atoms with E-state index in [0.717, 1.165) is 24.5 Å². The number of aryl methyl sites for hydroxylation is 1. The van der Waals surface area contributed by atoms with Crippen molar-refractivity contribution in [3.63, 3.8) is 0 Å². The third-order valence-corrected chi connectivity index (χ3v) is 3.08. The zero-order valence-corrected chi connectivity index (χ0v) is 10.8. The molecule has 0 aliphatic heterocycles. The van der Waals surface area contributed by atoms with Gasteiger partial charge in [-0.3, -0.25) is 0 Å². The van der Waals surface area contributed by atoms with Crippen LogP contribution in [0.15, 0.2) is 36.7 Å². The molecule has 0 radical (unpaired) electrons. The van der Waals surface area contributed by atoms with Crippen LogP contribution in [0, 0.1) is 0 Å². The maximum absolute atomic E-state index is 9.45. The van der Waals surface area contributed by atoms with Crippen LogP contribution in [0.2, 0.25) is 0 Å². The molecule has 0 fully saturated rings. The van der Waals surface area contributed by atoms with Crippen LogP contribution in [0.4, 0.5) is 0 Å². The number of nitrogens with zero attached hydrogens (tertiary/aromatic N) is 2. The van der Waals surface area contributed by atoms with Gasteiger partial charge < -0.3 is 15.0 Å². The van der Waals surface area contributed by atoms with Gasteiger partial charge in [-0.2, -0.15) is 0 Å². The normalized spacial score (nSPS) is 12.6. The van der Waals surface area contributed by atoms with E-state index in [1.54, 1.807) is 12.1 Å². The Morgan fingerprint density at radius 3 is 3.00 bits per heavy atom. The van der Waals surface area contributed by atoms with Crippen LogP contribution in [0.3, 0.4) is 0 Å². The molecule has 0 aliphatic rings. The van der Waals surface area contributed by atoms with Gasteiger partial charge in [-0.05, 0) is 31.5 Å². The number of hydrogen-bond donors (Lipinski definition) is 2. The lowest BCUT2D eigenvalue weighted by atomic mass is 10.1. The Bertz CT molecular complexity index is 507. The monoisotopic (exact) mass is 245 g/mol. The highest BCUT2D eigenvalue weighted by molar-refractivity contribution is 5.29. The van der Waals surface area contributed by atoms with Crippen molar-refractivity contribution >= 4 is 0 Å². The molecule has 2 rings (SSSR count). The molecule has 1 heterocycles. The highest BCUT2D eigenvalue weighted by Gasteiger charge is 2.07. The second-order valence-electron chi connectivity index (χ2n) is 4.33. The molecule has 1 atom stereocenters. The minimum absolute atomic E-state index is 0.180. The maximum Gasteiger partial charge on any atom is 0.122 e. The zero-order chi connectivity index (χ0) is 13.0. The molecule has 2 aromatic rings. The van der Waals surface area contributed by atoms with Crippen LogP contribution < -0.4 is 5.32 Å². The molecule has 4 nitrogen and oxygen atoms in total. The quantitative estimate of drug-likeness (QED) is 0.850. The molecule has 2 N–H and O–H groups in total. The second kappa shape index (κ2) is 5.69. The average Bonchev–Trinajstić information content (AvgIpc) is 2.83. The standard InChI is InChI=1S/C14H19N3O/c1-3-17-8-7-15-14(17)10-16-11(2)12-5-4-6-13(18)9-12/h4-9,11,16,18H,3,10H2,1-2H3. The predicted octanol–water partition coefficient (Wildman–Crippen LogP) is 2.46. The van der Waals surface area contributed by atoms with Crippen LogP contribution >= 0.6 is 0 Å². The molecule has 0 spiro atoms. The lowest BCUT2D eigenvalue weighted by Gasteiger charge is -2.14. The molecule has 96 valence electrons. The first-order chi connectivity index (χ1) is 8.70. The topological polar surface area (TPSA) is 50.1 Å². The van der Waals surface area contributed by atoms with Crippen molar-refractivity contribution in [3.05, 3.63) is 48.0 Å². The summed E-state index contributed by atoms with van der Waals surface area (Å²) >= 11 is 0. The summed E-state index contributed by atoms with van der Waals surface area (Å²) in [5, 5.41) is 12.9. The maximum atomic E-state index is 9.45. The fraction of sp³-hybridized carbons (Fsp3) is 0.357. The lowest BCUT2D eigenvalue weighted by molar-refractivity contribution is 0.471. The summed E-state index contributed by atoms with van der Waals surface area (Å²) in [7, 11) is 0. The van der Waals surface area contributed by atoms with Crippen LogP contribution in [-0.4, -0.2) is 14.7 Å². The van der Waals surface area contributed by atoms with Crippen molar-refractivity contribution in [3.8, 4) is 5.75 Å². The van der Waals surface area contributed by atoms with Gasteiger partial charge in [0.2, 0.25) is 0 Å². The number of aromatic nitrogens is 2. The number of rotatable bonds is 5. The summed E-state index contributed by atoms with van der Waals surface area (Å²) in [5.74, 6) is 1.33. The molecule has 18 heavy (non-hydrogen) atoms. The van der Waals surface area contributed by atoms with Gasteiger partial charge in [0.25, 0.3) is 0 Å². The fourth-order valence-electron chi connectivity index (χ4n) is 1.95. The highest BCUT2D eigenvalue weighted by Crippen LogP contribution is 2.18. The van der Waals surface area contributed by atoms with E-state index in [2.05, 4.69) is 28.7 Å². The molecular formula is C14H19N3O. The Morgan fingerprint density at radius 1 is 1.44 bits per heavy atom. The smallest absolute Gasteiger partial charge is 0.122 e. The summed E-state index contributed by atoms with van der Waals surface area (Å²) in [6.45, 7) is 5.83. The van der Waals surface area contributed by atoms with E-state index in [9.17, 15) is 5.11 Å². The summed E-state index contributed by atoms with van der Waals surface area (Å²) in [6.07, 6.45) is 3.80. The van der Waals surface area contributed by atoms with E-state index in [1.807, 2.05) is 24.5 Å². The van der Waals surface area contributed by atoms with Crippen LogP contribution in [0.5, 0.6) is 5.75 Å². The van der Waals surface area contributed by atoms with Crippen LogP contribution in [-0.2, 0) is 13.1 Å². The molecule has 1 aromatic carbocycles. The number of hydrogen-bond acceptors (Lipinski definition) is 3. The summed E-state index contributed by atoms with van der Waals surface area (Å²) < 4.78 is 2.11. The highest BCUT2D eigenvalue weighted by atomic mass is 16.3. The first-order valence-corrected chi connectivity index (χ1v) is 6.23. The molecular weight excluding hydrogens is 226 g/mol. The molecule has 0 saturated carbocycles. The van der Waals surface area contributed by atoms with Crippen molar-refractivity contribution < 1.29 is 5.11 Å². The number of phenolic OH excluding ortho intramolecular Hbond substituents is 1. The van der Waals surface area contributed by atoms with Gasteiger partial charge in [0, 0.05) is 25.0 Å². The van der Waals surface area contributed by atoms with Crippen LogP contribution in [0.25, 0.3) is 0 Å². The minimum Gasteiger partial charge on any atom is -0.508 e. The third-order valence-electron chi connectivity index (χ3n) is 3.08. The first kappa shape index (κ1) is 12.6. The number of imidazole rings is 1. The van der Waals surface area contributed by atoms with Crippen molar-refractivity contribution in [2.75, 3.05) is 0 Å². The molecule has 0 aliphatic carbocycles. The number of aromatic hydroxyl groups is 1. The van der Waals surface area contributed by atoms with E-state index in [1.165, 1.54) is 0 Å². The van der Waals surface area contributed by atoms with Gasteiger partial charge >= 0.3 is 0 Å². The Morgan fingerprint density at radius 2 is 2.28 bits per heavy atom.